The average Bonchev–Trinajstić information content (AvgIpc) is 3.17. The van der Waals surface area contributed by atoms with Crippen molar-refractivity contribution in [1.29, 1.82) is 0 Å². The number of aliphatic imine (C=N–C) groups is 1. The number of hydrogen-bond donors (Lipinski definition) is 2. The third-order valence-electron chi connectivity index (χ3n) is 5.64. The van der Waals surface area contributed by atoms with E-state index in [1.54, 1.807) is 4.68 Å². The second-order valence-electron chi connectivity index (χ2n) is 7.61. The molecule has 1 aliphatic rings. The Balaban J connectivity index is 1.61. The van der Waals surface area contributed by atoms with Crippen LogP contribution in [0.1, 0.15) is 5.56 Å². The van der Waals surface area contributed by atoms with Crippen molar-refractivity contribution in [2.24, 2.45) is 4.99 Å². The number of hydrogen-bond acceptors (Lipinski definition) is 3. The number of nitrogens with zero attached hydrogens (tertiary/aromatic N) is 2. The van der Waals surface area contributed by atoms with E-state index in [4.69, 9.17) is 16.6 Å². The Hall–Kier alpha value is -4.09. The first-order valence-electron chi connectivity index (χ1n) is 10.2. The van der Waals surface area contributed by atoms with E-state index in [9.17, 15) is 4.79 Å². The molecule has 6 rings (SSSR count). The van der Waals surface area contributed by atoms with Crippen LogP contribution in [-0.2, 0) is 0 Å². The van der Waals surface area contributed by atoms with Gasteiger partial charge in [-0.3, -0.25) is 9.89 Å². The Kier molecular flexibility index (Phi) is 4.23. The van der Waals surface area contributed by atoms with Gasteiger partial charge in [-0.1, -0.05) is 66.2 Å². The smallest absolute Gasteiger partial charge is 0.282 e. The molecule has 0 aliphatic carbocycles. The third-order valence-corrected chi connectivity index (χ3v) is 5.89. The summed E-state index contributed by atoms with van der Waals surface area (Å²) in [5.41, 5.74) is 4.32. The molecule has 1 aliphatic heterocycles. The minimum absolute atomic E-state index is 0.182. The van der Waals surface area contributed by atoms with Crippen LogP contribution < -0.4 is 10.9 Å². The van der Waals surface area contributed by atoms with E-state index < -0.39 is 0 Å². The SMILES string of the molecule is O=c1c(C2=Nc3cccc4cccc(c34)N2)c(-c2ccc(Cl)cc2)[nH]n1-c1ccccc1. The van der Waals surface area contributed by atoms with Crippen molar-refractivity contribution in [2.75, 3.05) is 5.32 Å². The topological polar surface area (TPSA) is 62.2 Å². The van der Waals surface area contributed by atoms with Gasteiger partial charge in [0.15, 0.2) is 0 Å². The summed E-state index contributed by atoms with van der Waals surface area (Å²) in [6.07, 6.45) is 0. The molecule has 0 saturated carbocycles. The van der Waals surface area contributed by atoms with Crippen LogP contribution >= 0.6 is 11.6 Å². The van der Waals surface area contributed by atoms with Crippen molar-refractivity contribution in [3.05, 3.63) is 112 Å². The number of anilines is 1. The molecule has 154 valence electrons. The standard InChI is InChI=1S/C26H17ClN4O/c27-18-14-12-17(13-15-18)24-23(26(32)31(30-24)19-8-2-1-3-9-19)25-28-20-10-4-6-16-7-5-11-21(29-25)22(16)20/h1-15,30H,(H,28,29). The largest absolute Gasteiger partial charge is 0.339 e. The highest BCUT2D eigenvalue weighted by Gasteiger charge is 2.25. The number of amidine groups is 1. The first-order valence-corrected chi connectivity index (χ1v) is 10.6. The highest BCUT2D eigenvalue weighted by molar-refractivity contribution is 6.30. The molecule has 0 saturated heterocycles. The molecule has 0 atom stereocenters. The molecule has 1 aromatic heterocycles. The Labute approximate surface area is 188 Å². The van der Waals surface area contributed by atoms with Crippen molar-refractivity contribution in [3.8, 4) is 16.9 Å². The van der Waals surface area contributed by atoms with Crippen LogP contribution in [0.25, 0.3) is 27.7 Å². The molecule has 0 bridgehead atoms. The molecule has 5 aromatic rings. The lowest BCUT2D eigenvalue weighted by Gasteiger charge is -2.18. The summed E-state index contributed by atoms with van der Waals surface area (Å²) in [6, 6.07) is 29.0. The van der Waals surface area contributed by atoms with Crippen molar-refractivity contribution < 1.29 is 0 Å². The number of aromatic amines is 1. The van der Waals surface area contributed by atoms with E-state index in [2.05, 4.69) is 22.5 Å². The molecule has 5 nitrogen and oxygen atoms in total. The lowest BCUT2D eigenvalue weighted by Crippen LogP contribution is -2.26. The summed E-state index contributed by atoms with van der Waals surface area (Å²) in [5.74, 6) is 0.511. The fourth-order valence-corrected chi connectivity index (χ4v) is 4.28. The number of nitrogens with one attached hydrogen (secondary N) is 2. The third kappa shape index (κ3) is 2.94. The van der Waals surface area contributed by atoms with E-state index in [0.717, 1.165) is 33.4 Å². The summed E-state index contributed by atoms with van der Waals surface area (Å²) in [4.78, 5) is 18.5. The van der Waals surface area contributed by atoms with Crippen molar-refractivity contribution in [1.82, 2.24) is 9.78 Å². The van der Waals surface area contributed by atoms with Crippen LogP contribution in [0.4, 0.5) is 11.4 Å². The van der Waals surface area contributed by atoms with Gasteiger partial charge in [-0.2, -0.15) is 0 Å². The second-order valence-corrected chi connectivity index (χ2v) is 8.05. The van der Waals surface area contributed by atoms with E-state index in [1.165, 1.54) is 0 Å². The van der Waals surface area contributed by atoms with Gasteiger partial charge < -0.3 is 5.32 Å². The number of aromatic nitrogens is 2. The molecule has 0 unspecified atom stereocenters. The summed E-state index contributed by atoms with van der Waals surface area (Å²) in [5, 5.41) is 9.46. The number of rotatable bonds is 3. The lowest BCUT2D eigenvalue weighted by atomic mass is 10.0. The van der Waals surface area contributed by atoms with Crippen molar-refractivity contribution in [2.45, 2.75) is 0 Å². The zero-order chi connectivity index (χ0) is 21.7. The van der Waals surface area contributed by atoms with Crippen molar-refractivity contribution >= 4 is 39.6 Å². The van der Waals surface area contributed by atoms with E-state index in [0.29, 0.717) is 22.1 Å². The molecule has 0 radical (unpaired) electrons. The maximum Gasteiger partial charge on any atom is 0.282 e. The van der Waals surface area contributed by atoms with Crippen molar-refractivity contribution in [3.63, 3.8) is 0 Å². The van der Waals surface area contributed by atoms with Gasteiger partial charge in [0.2, 0.25) is 0 Å². The summed E-state index contributed by atoms with van der Waals surface area (Å²) in [6.45, 7) is 0. The summed E-state index contributed by atoms with van der Waals surface area (Å²) < 4.78 is 1.55. The van der Waals surface area contributed by atoms with Crippen LogP contribution in [0.3, 0.4) is 0 Å². The zero-order valence-corrected chi connectivity index (χ0v) is 17.6. The molecular formula is C26H17ClN4O. The molecule has 6 heteroatoms. The molecule has 4 aromatic carbocycles. The van der Waals surface area contributed by atoms with Gasteiger partial charge in [0.1, 0.15) is 11.4 Å². The highest BCUT2D eigenvalue weighted by Crippen LogP contribution is 2.37. The minimum Gasteiger partial charge on any atom is -0.339 e. The van der Waals surface area contributed by atoms with E-state index in [-0.39, 0.29) is 5.56 Å². The molecule has 0 amide bonds. The van der Waals surface area contributed by atoms with Gasteiger partial charge in [-0.25, -0.2) is 9.67 Å². The van der Waals surface area contributed by atoms with Crippen LogP contribution in [0, 0.1) is 0 Å². The second kappa shape index (κ2) is 7.25. The first-order chi connectivity index (χ1) is 15.7. The molecule has 2 heterocycles. The predicted molar refractivity (Wildman–Crippen MR) is 131 cm³/mol. The van der Waals surface area contributed by atoms with Gasteiger partial charge in [0.05, 0.1) is 17.1 Å². The first kappa shape index (κ1) is 18.7. The number of halogens is 1. The predicted octanol–water partition coefficient (Wildman–Crippen LogP) is 6.14. The average molecular weight is 437 g/mol. The summed E-state index contributed by atoms with van der Waals surface area (Å²) in [7, 11) is 0. The Morgan fingerprint density at radius 1 is 0.812 bits per heavy atom. The van der Waals surface area contributed by atoms with Gasteiger partial charge in [-0.15, -0.1) is 0 Å². The van der Waals surface area contributed by atoms with Gasteiger partial charge in [0.25, 0.3) is 5.56 Å². The van der Waals surface area contributed by atoms with Crippen LogP contribution in [0.5, 0.6) is 0 Å². The van der Waals surface area contributed by atoms with Gasteiger partial charge in [-0.05, 0) is 41.8 Å². The monoisotopic (exact) mass is 436 g/mol. The van der Waals surface area contributed by atoms with Gasteiger partial charge in [0, 0.05) is 21.7 Å². The molecule has 32 heavy (non-hydrogen) atoms. The van der Waals surface area contributed by atoms with Gasteiger partial charge >= 0.3 is 0 Å². The Morgan fingerprint density at radius 3 is 2.34 bits per heavy atom. The maximum atomic E-state index is 13.7. The van der Waals surface area contributed by atoms with E-state index in [1.807, 2.05) is 78.9 Å². The van der Waals surface area contributed by atoms with Crippen LogP contribution in [-0.4, -0.2) is 15.6 Å². The molecule has 2 N–H and O–H groups in total. The van der Waals surface area contributed by atoms with E-state index >= 15 is 0 Å². The fraction of sp³-hybridized carbons (Fsp3) is 0. The minimum atomic E-state index is -0.182. The number of H-pyrrole nitrogens is 1. The van der Waals surface area contributed by atoms with Crippen LogP contribution in [0.15, 0.2) is 101 Å². The Morgan fingerprint density at radius 2 is 1.56 bits per heavy atom. The molecule has 0 fully saturated rings. The molecular weight excluding hydrogens is 420 g/mol. The fourth-order valence-electron chi connectivity index (χ4n) is 4.15. The quantitative estimate of drug-likeness (QED) is 0.356. The number of para-hydroxylation sites is 1. The Bertz CT molecular complexity index is 1560. The maximum absolute atomic E-state index is 13.7. The number of benzene rings is 4. The van der Waals surface area contributed by atoms with Crippen LogP contribution in [0.2, 0.25) is 5.02 Å². The zero-order valence-electron chi connectivity index (χ0n) is 16.8. The molecule has 0 spiro atoms. The summed E-state index contributed by atoms with van der Waals surface area (Å²) >= 11 is 6.11. The lowest BCUT2D eigenvalue weighted by molar-refractivity contribution is 0.852. The normalized spacial score (nSPS) is 12.5. The highest BCUT2D eigenvalue weighted by atomic mass is 35.5.